The Kier molecular flexibility index (Phi) is 4.55. The van der Waals surface area contributed by atoms with E-state index in [1.807, 2.05) is 31.2 Å². The van der Waals surface area contributed by atoms with Crippen molar-refractivity contribution >= 4 is 11.6 Å². The van der Waals surface area contributed by atoms with Crippen molar-refractivity contribution in [2.75, 3.05) is 5.32 Å². The number of para-hydroxylation sites is 1. The zero-order valence-electron chi connectivity index (χ0n) is 13.3. The molecular weight excluding hydrogens is 290 g/mol. The number of carbonyl (C=O) groups is 1. The number of hydrogen-bond acceptors (Lipinski definition) is 3. The van der Waals surface area contributed by atoms with Gasteiger partial charge in [0.2, 0.25) is 5.91 Å². The summed E-state index contributed by atoms with van der Waals surface area (Å²) in [5, 5.41) is 7.31. The first kappa shape index (κ1) is 15.5. The van der Waals surface area contributed by atoms with Gasteiger partial charge in [0.1, 0.15) is 0 Å². The largest absolute Gasteiger partial charge is 0.326 e. The van der Waals surface area contributed by atoms with E-state index in [4.69, 9.17) is 0 Å². The molecule has 23 heavy (non-hydrogen) atoms. The Morgan fingerprint density at radius 1 is 1.26 bits per heavy atom. The number of aromatic nitrogens is 2. The van der Waals surface area contributed by atoms with E-state index in [-0.39, 0.29) is 17.9 Å². The highest BCUT2D eigenvalue weighted by Gasteiger charge is 2.14. The third kappa shape index (κ3) is 3.67. The molecule has 3 rings (SSSR count). The van der Waals surface area contributed by atoms with E-state index in [0.717, 1.165) is 48.2 Å². The van der Waals surface area contributed by atoms with Crippen LogP contribution in [0.5, 0.6) is 0 Å². The van der Waals surface area contributed by atoms with Crippen LogP contribution in [0.1, 0.15) is 36.1 Å². The number of nitrogens with zero attached hydrogens (tertiary/aromatic N) is 2. The summed E-state index contributed by atoms with van der Waals surface area (Å²) >= 11 is 0. The normalized spacial score (nSPS) is 13.4. The Morgan fingerprint density at radius 2 is 2.04 bits per heavy atom. The van der Waals surface area contributed by atoms with Crippen molar-refractivity contribution in [3.05, 3.63) is 57.5 Å². The number of hydrogen-bond donors (Lipinski definition) is 1. The SMILES string of the molecule is Cc1ccccc1NC(=O)CCn1nc2c(cc1=O)CCCC2. The summed E-state index contributed by atoms with van der Waals surface area (Å²) < 4.78 is 1.42. The number of nitrogens with one attached hydrogen (secondary N) is 1. The van der Waals surface area contributed by atoms with Crippen LogP contribution in [0.25, 0.3) is 0 Å². The van der Waals surface area contributed by atoms with Gasteiger partial charge in [-0.25, -0.2) is 4.68 Å². The molecular formula is C18H21N3O2. The van der Waals surface area contributed by atoms with Crippen molar-refractivity contribution in [1.29, 1.82) is 0 Å². The molecule has 0 unspecified atom stereocenters. The zero-order valence-corrected chi connectivity index (χ0v) is 13.3. The summed E-state index contributed by atoms with van der Waals surface area (Å²) in [5.41, 5.74) is 3.79. The Morgan fingerprint density at radius 3 is 2.87 bits per heavy atom. The summed E-state index contributed by atoms with van der Waals surface area (Å²) in [4.78, 5) is 24.2. The third-order valence-corrected chi connectivity index (χ3v) is 4.24. The van der Waals surface area contributed by atoms with Gasteiger partial charge in [0.25, 0.3) is 5.56 Å². The lowest BCUT2D eigenvalue weighted by atomic mass is 9.97. The lowest BCUT2D eigenvalue weighted by Crippen LogP contribution is -2.28. The average molecular weight is 311 g/mol. The molecule has 0 saturated heterocycles. The van der Waals surface area contributed by atoms with Crippen molar-refractivity contribution in [1.82, 2.24) is 9.78 Å². The zero-order chi connectivity index (χ0) is 16.2. The molecule has 0 saturated carbocycles. The highest BCUT2D eigenvalue weighted by Crippen LogP contribution is 2.17. The summed E-state index contributed by atoms with van der Waals surface area (Å²) in [5.74, 6) is -0.106. The van der Waals surface area contributed by atoms with Gasteiger partial charge in [0.15, 0.2) is 0 Å². The number of carbonyl (C=O) groups excluding carboxylic acids is 1. The van der Waals surface area contributed by atoms with Crippen LogP contribution in [0, 0.1) is 6.92 Å². The van der Waals surface area contributed by atoms with Gasteiger partial charge in [-0.1, -0.05) is 18.2 Å². The molecule has 5 nitrogen and oxygen atoms in total. The molecule has 0 atom stereocenters. The van der Waals surface area contributed by atoms with Crippen LogP contribution < -0.4 is 10.9 Å². The minimum Gasteiger partial charge on any atom is -0.326 e. The molecule has 0 fully saturated rings. The Balaban J connectivity index is 1.65. The maximum absolute atomic E-state index is 12.1. The van der Waals surface area contributed by atoms with Crippen LogP contribution in [0.2, 0.25) is 0 Å². The second-order valence-electron chi connectivity index (χ2n) is 6.00. The fourth-order valence-corrected chi connectivity index (χ4v) is 2.89. The third-order valence-electron chi connectivity index (χ3n) is 4.24. The van der Waals surface area contributed by atoms with Crippen LogP contribution in [-0.2, 0) is 24.2 Å². The highest BCUT2D eigenvalue weighted by molar-refractivity contribution is 5.91. The number of benzene rings is 1. The molecule has 1 aliphatic carbocycles. The summed E-state index contributed by atoms with van der Waals surface area (Å²) in [6.45, 7) is 2.26. The van der Waals surface area contributed by atoms with Gasteiger partial charge in [0, 0.05) is 18.2 Å². The van der Waals surface area contributed by atoms with Crippen LogP contribution in [-0.4, -0.2) is 15.7 Å². The monoisotopic (exact) mass is 311 g/mol. The van der Waals surface area contributed by atoms with Crippen molar-refractivity contribution < 1.29 is 4.79 Å². The molecule has 1 aliphatic rings. The van der Waals surface area contributed by atoms with E-state index < -0.39 is 0 Å². The quantitative estimate of drug-likeness (QED) is 0.943. The molecule has 0 spiro atoms. The molecule has 2 aromatic rings. The van der Waals surface area contributed by atoms with E-state index in [1.54, 1.807) is 6.07 Å². The van der Waals surface area contributed by atoms with Crippen LogP contribution >= 0.6 is 0 Å². The van der Waals surface area contributed by atoms with Crippen LogP contribution in [0.3, 0.4) is 0 Å². The van der Waals surface area contributed by atoms with Crippen molar-refractivity contribution in [2.45, 2.75) is 45.6 Å². The molecule has 1 aromatic heterocycles. The Bertz CT molecular complexity index is 780. The number of anilines is 1. The predicted octanol–water partition coefficient (Wildman–Crippen LogP) is 2.46. The number of rotatable bonds is 4. The molecule has 0 aliphatic heterocycles. The first-order valence-corrected chi connectivity index (χ1v) is 8.09. The lowest BCUT2D eigenvalue weighted by molar-refractivity contribution is -0.116. The molecule has 0 bridgehead atoms. The van der Waals surface area contributed by atoms with E-state index in [2.05, 4.69) is 10.4 Å². The molecule has 5 heteroatoms. The number of aryl methyl sites for hydroxylation is 4. The van der Waals surface area contributed by atoms with Gasteiger partial charge in [-0.2, -0.15) is 5.10 Å². The fraction of sp³-hybridized carbons (Fsp3) is 0.389. The highest BCUT2D eigenvalue weighted by atomic mass is 16.2. The number of amides is 1. The first-order chi connectivity index (χ1) is 11.1. The summed E-state index contributed by atoms with van der Waals surface area (Å²) in [6.07, 6.45) is 4.33. The molecule has 0 radical (unpaired) electrons. The standard InChI is InChI=1S/C18H21N3O2/c1-13-6-2-4-8-15(13)19-17(22)10-11-21-18(23)12-14-7-3-5-9-16(14)20-21/h2,4,6,8,12H,3,5,7,9-11H2,1H3,(H,19,22). The van der Waals surface area contributed by atoms with Gasteiger partial charge >= 0.3 is 0 Å². The number of fused-ring (bicyclic) bond motifs is 1. The van der Waals surface area contributed by atoms with Crippen LogP contribution in [0.4, 0.5) is 5.69 Å². The van der Waals surface area contributed by atoms with Crippen molar-refractivity contribution in [3.8, 4) is 0 Å². The average Bonchev–Trinajstić information content (AvgIpc) is 2.55. The molecule has 1 amide bonds. The Labute approximate surface area is 135 Å². The van der Waals surface area contributed by atoms with Gasteiger partial charge in [-0.05, 0) is 49.8 Å². The summed E-state index contributed by atoms with van der Waals surface area (Å²) in [6, 6.07) is 9.32. The topological polar surface area (TPSA) is 64.0 Å². The van der Waals surface area contributed by atoms with Crippen LogP contribution in [0.15, 0.2) is 35.1 Å². The van der Waals surface area contributed by atoms with E-state index >= 15 is 0 Å². The molecule has 1 N–H and O–H groups in total. The maximum Gasteiger partial charge on any atom is 0.267 e. The minimum absolute atomic E-state index is 0.106. The lowest BCUT2D eigenvalue weighted by Gasteiger charge is -2.15. The van der Waals surface area contributed by atoms with Crippen molar-refractivity contribution in [2.24, 2.45) is 0 Å². The smallest absolute Gasteiger partial charge is 0.267 e. The van der Waals surface area contributed by atoms with E-state index in [1.165, 1.54) is 4.68 Å². The molecule has 1 aromatic carbocycles. The van der Waals surface area contributed by atoms with Crippen molar-refractivity contribution in [3.63, 3.8) is 0 Å². The Hall–Kier alpha value is -2.43. The van der Waals surface area contributed by atoms with E-state index in [9.17, 15) is 9.59 Å². The van der Waals surface area contributed by atoms with Gasteiger partial charge < -0.3 is 5.32 Å². The van der Waals surface area contributed by atoms with Gasteiger partial charge in [-0.15, -0.1) is 0 Å². The second kappa shape index (κ2) is 6.77. The minimum atomic E-state index is -0.116. The fourth-order valence-electron chi connectivity index (χ4n) is 2.89. The first-order valence-electron chi connectivity index (χ1n) is 8.09. The van der Waals surface area contributed by atoms with Gasteiger partial charge in [-0.3, -0.25) is 9.59 Å². The molecule has 120 valence electrons. The maximum atomic E-state index is 12.1. The summed E-state index contributed by atoms with van der Waals surface area (Å²) in [7, 11) is 0. The van der Waals surface area contributed by atoms with Gasteiger partial charge in [0.05, 0.1) is 12.2 Å². The van der Waals surface area contributed by atoms with E-state index in [0.29, 0.717) is 6.54 Å². The second-order valence-corrected chi connectivity index (χ2v) is 6.00. The predicted molar refractivity (Wildman–Crippen MR) is 89.6 cm³/mol. The molecule has 1 heterocycles.